The zero-order valence-electron chi connectivity index (χ0n) is 11.6. The molecule has 1 aliphatic rings. The van der Waals surface area contributed by atoms with E-state index in [-0.39, 0.29) is 35.5 Å². The zero-order chi connectivity index (χ0) is 14.9. The van der Waals surface area contributed by atoms with Crippen LogP contribution in [0.5, 0.6) is 0 Å². The summed E-state index contributed by atoms with van der Waals surface area (Å²) in [7, 11) is 0. The Bertz CT molecular complexity index is 558. The molecule has 0 unspecified atom stereocenters. The van der Waals surface area contributed by atoms with Crippen molar-refractivity contribution in [3.05, 3.63) is 11.8 Å². The minimum atomic E-state index is -0.581. The number of carbonyl (C=O) groups is 2. The molecule has 1 saturated heterocycles. The van der Waals surface area contributed by atoms with Crippen molar-refractivity contribution in [1.29, 1.82) is 0 Å². The number of ether oxygens (including phenoxy) is 1. The maximum Gasteiger partial charge on any atom is 0.343 e. The molecule has 1 aliphatic heterocycles. The minimum absolute atomic E-state index is 0.00837. The van der Waals surface area contributed by atoms with Gasteiger partial charge in [-0.25, -0.2) is 14.6 Å². The van der Waals surface area contributed by atoms with Crippen molar-refractivity contribution >= 4 is 23.8 Å². The van der Waals surface area contributed by atoms with Crippen LogP contribution in [-0.2, 0) is 4.74 Å². The molecule has 20 heavy (non-hydrogen) atoms. The quantitative estimate of drug-likeness (QED) is 0.781. The van der Waals surface area contributed by atoms with Gasteiger partial charge in [0.05, 0.1) is 18.7 Å². The summed E-state index contributed by atoms with van der Waals surface area (Å²) in [6.07, 6.45) is 1.27. The van der Waals surface area contributed by atoms with Crippen molar-refractivity contribution in [3.8, 4) is 0 Å². The first kappa shape index (κ1) is 14.0. The van der Waals surface area contributed by atoms with Gasteiger partial charge in [0, 0.05) is 6.20 Å². The summed E-state index contributed by atoms with van der Waals surface area (Å²) in [5, 5.41) is 2.79. The van der Waals surface area contributed by atoms with E-state index in [1.807, 2.05) is 13.8 Å². The summed E-state index contributed by atoms with van der Waals surface area (Å²) >= 11 is 0. The lowest BCUT2D eigenvalue weighted by Gasteiger charge is -2.16. The number of amides is 2. The molecular weight excluding hydrogens is 262 g/mol. The second kappa shape index (κ2) is 4.95. The standard InChI is InChI=1S/C12H17N5O3/c1-4-20-9(18)7-5-14-10(15-8(7)13)17-6-12(2,3)16-11(17)19/h5H,4,6H2,1-3H3,(H,16,19)(H2,13,14,15). The van der Waals surface area contributed by atoms with E-state index in [0.717, 1.165) is 0 Å². The van der Waals surface area contributed by atoms with E-state index in [4.69, 9.17) is 10.5 Å². The second-order valence-corrected chi connectivity index (χ2v) is 5.09. The van der Waals surface area contributed by atoms with Crippen molar-refractivity contribution < 1.29 is 14.3 Å². The first-order valence-electron chi connectivity index (χ1n) is 6.23. The summed E-state index contributed by atoms with van der Waals surface area (Å²) in [6.45, 7) is 6.13. The highest BCUT2D eigenvalue weighted by molar-refractivity contribution is 5.96. The van der Waals surface area contributed by atoms with E-state index < -0.39 is 5.97 Å². The largest absolute Gasteiger partial charge is 0.462 e. The molecule has 2 heterocycles. The Hall–Kier alpha value is -2.38. The topological polar surface area (TPSA) is 110 Å². The molecule has 8 nitrogen and oxygen atoms in total. The van der Waals surface area contributed by atoms with E-state index in [0.29, 0.717) is 6.54 Å². The van der Waals surface area contributed by atoms with E-state index in [1.54, 1.807) is 6.92 Å². The fourth-order valence-electron chi connectivity index (χ4n) is 1.91. The molecule has 2 amide bonds. The van der Waals surface area contributed by atoms with Crippen LogP contribution in [0.25, 0.3) is 0 Å². The van der Waals surface area contributed by atoms with Crippen molar-refractivity contribution in [2.75, 3.05) is 23.8 Å². The number of aromatic nitrogens is 2. The number of hydrogen-bond acceptors (Lipinski definition) is 6. The van der Waals surface area contributed by atoms with Crippen LogP contribution in [0, 0.1) is 0 Å². The molecule has 0 aromatic carbocycles. The Balaban J connectivity index is 2.26. The molecule has 1 fully saturated rings. The van der Waals surface area contributed by atoms with Gasteiger partial charge >= 0.3 is 12.0 Å². The van der Waals surface area contributed by atoms with Crippen LogP contribution in [0.1, 0.15) is 31.1 Å². The van der Waals surface area contributed by atoms with Gasteiger partial charge in [0.2, 0.25) is 5.95 Å². The Labute approximate surface area is 116 Å². The molecule has 2 rings (SSSR count). The highest BCUT2D eigenvalue weighted by atomic mass is 16.5. The molecule has 0 atom stereocenters. The Morgan fingerprint density at radius 2 is 2.30 bits per heavy atom. The normalized spacial score (nSPS) is 16.9. The average Bonchev–Trinajstić information content (AvgIpc) is 2.62. The van der Waals surface area contributed by atoms with Crippen LogP contribution in [0.15, 0.2) is 6.20 Å². The minimum Gasteiger partial charge on any atom is -0.462 e. The maximum absolute atomic E-state index is 11.8. The van der Waals surface area contributed by atoms with E-state index in [9.17, 15) is 9.59 Å². The van der Waals surface area contributed by atoms with Gasteiger partial charge in [-0.05, 0) is 20.8 Å². The van der Waals surface area contributed by atoms with Crippen LogP contribution in [0.4, 0.5) is 16.6 Å². The van der Waals surface area contributed by atoms with E-state index in [2.05, 4.69) is 15.3 Å². The van der Waals surface area contributed by atoms with Gasteiger partial charge in [-0.1, -0.05) is 0 Å². The number of anilines is 2. The lowest BCUT2D eigenvalue weighted by atomic mass is 10.1. The van der Waals surface area contributed by atoms with Crippen molar-refractivity contribution in [2.45, 2.75) is 26.3 Å². The predicted octanol–water partition coefficient (Wildman–Crippen LogP) is 0.544. The van der Waals surface area contributed by atoms with Crippen molar-refractivity contribution in [3.63, 3.8) is 0 Å². The highest BCUT2D eigenvalue weighted by Crippen LogP contribution is 2.21. The molecular formula is C12H17N5O3. The molecule has 8 heteroatoms. The summed E-state index contributed by atoms with van der Waals surface area (Å²) in [4.78, 5) is 32.8. The smallest absolute Gasteiger partial charge is 0.343 e. The second-order valence-electron chi connectivity index (χ2n) is 5.09. The molecule has 3 N–H and O–H groups in total. The van der Waals surface area contributed by atoms with Gasteiger partial charge < -0.3 is 15.8 Å². The number of rotatable bonds is 3. The number of urea groups is 1. The Morgan fingerprint density at radius 3 is 2.80 bits per heavy atom. The number of nitrogens with zero attached hydrogens (tertiary/aromatic N) is 3. The number of hydrogen-bond donors (Lipinski definition) is 2. The number of nitrogen functional groups attached to an aromatic ring is 1. The molecule has 1 aromatic rings. The molecule has 1 aromatic heterocycles. The molecule has 0 radical (unpaired) electrons. The highest BCUT2D eigenvalue weighted by Gasteiger charge is 2.37. The van der Waals surface area contributed by atoms with Gasteiger partial charge in [0.15, 0.2) is 0 Å². The molecule has 0 saturated carbocycles. The Kier molecular flexibility index (Phi) is 3.47. The summed E-state index contributed by atoms with van der Waals surface area (Å²) in [6, 6.07) is -0.293. The number of esters is 1. The van der Waals surface area contributed by atoms with Crippen LogP contribution < -0.4 is 16.0 Å². The first-order chi connectivity index (χ1) is 9.34. The van der Waals surface area contributed by atoms with Crippen LogP contribution >= 0.6 is 0 Å². The SMILES string of the molecule is CCOC(=O)c1cnc(N2CC(C)(C)NC2=O)nc1N. The summed E-state index contributed by atoms with van der Waals surface area (Å²) in [5.74, 6) is -0.424. The van der Waals surface area contributed by atoms with E-state index in [1.165, 1.54) is 11.1 Å². The van der Waals surface area contributed by atoms with Crippen molar-refractivity contribution in [2.24, 2.45) is 0 Å². The van der Waals surface area contributed by atoms with Crippen LogP contribution in [-0.4, -0.2) is 40.7 Å². The summed E-state index contributed by atoms with van der Waals surface area (Å²) < 4.78 is 4.84. The Morgan fingerprint density at radius 1 is 1.60 bits per heavy atom. The number of carbonyl (C=O) groups excluding carboxylic acids is 2. The third-order valence-electron chi connectivity index (χ3n) is 2.79. The van der Waals surface area contributed by atoms with Gasteiger partial charge in [-0.2, -0.15) is 4.98 Å². The van der Waals surface area contributed by atoms with Gasteiger partial charge in [-0.15, -0.1) is 0 Å². The monoisotopic (exact) mass is 279 g/mol. The van der Waals surface area contributed by atoms with Crippen LogP contribution in [0.2, 0.25) is 0 Å². The van der Waals surface area contributed by atoms with E-state index >= 15 is 0 Å². The van der Waals surface area contributed by atoms with Gasteiger partial charge in [-0.3, -0.25) is 4.90 Å². The summed E-state index contributed by atoms with van der Waals surface area (Å²) in [5.41, 5.74) is 5.45. The molecule has 108 valence electrons. The molecule has 0 bridgehead atoms. The fraction of sp³-hybridized carbons (Fsp3) is 0.500. The van der Waals surface area contributed by atoms with Crippen LogP contribution in [0.3, 0.4) is 0 Å². The average molecular weight is 279 g/mol. The van der Waals surface area contributed by atoms with Gasteiger partial charge in [0.25, 0.3) is 0 Å². The third-order valence-corrected chi connectivity index (χ3v) is 2.79. The zero-order valence-corrected chi connectivity index (χ0v) is 11.6. The van der Waals surface area contributed by atoms with Gasteiger partial charge in [0.1, 0.15) is 11.4 Å². The van der Waals surface area contributed by atoms with Crippen molar-refractivity contribution in [1.82, 2.24) is 15.3 Å². The maximum atomic E-state index is 11.8. The first-order valence-corrected chi connectivity index (χ1v) is 6.23. The third kappa shape index (κ3) is 2.63. The lowest BCUT2D eigenvalue weighted by molar-refractivity contribution is 0.0527. The number of nitrogens with one attached hydrogen (secondary N) is 1. The molecule has 0 aliphatic carbocycles. The molecule has 0 spiro atoms. The predicted molar refractivity (Wildman–Crippen MR) is 72.4 cm³/mol. The lowest BCUT2D eigenvalue weighted by Crippen LogP contribution is -2.36. The number of nitrogens with two attached hydrogens (primary N) is 1. The fourth-order valence-corrected chi connectivity index (χ4v) is 1.91.